The van der Waals surface area contributed by atoms with E-state index in [9.17, 15) is 0 Å². The van der Waals surface area contributed by atoms with Crippen molar-refractivity contribution in [2.45, 2.75) is 25.9 Å². The van der Waals surface area contributed by atoms with Crippen molar-refractivity contribution >= 4 is 15.9 Å². The molecule has 2 nitrogen and oxygen atoms in total. The summed E-state index contributed by atoms with van der Waals surface area (Å²) < 4.78 is 1.19. The van der Waals surface area contributed by atoms with Crippen LogP contribution < -0.4 is 5.73 Å². The average molecular weight is 269 g/mol. The highest BCUT2D eigenvalue weighted by atomic mass is 79.9. The van der Waals surface area contributed by atoms with Crippen LogP contribution in [0.4, 0.5) is 0 Å². The third kappa shape index (κ3) is 2.60. The molecule has 3 heteroatoms. The third-order valence-corrected chi connectivity index (χ3v) is 3.99. The van der Waals surface area contributed by atoms with Crippen LogP contribution in [0.5, 0.6) is 0 Å². The fourth-order valence-electron chi connectivity index (χ4n) is 2.09. The molecule has 0 unspecified atom stereocenters. The SMILES string of the molecule is NCc1cccc(CN2CCCC2)c1Br. The summed E-state index contributed by atoms with van der Waals surface area (Å²) in [6.45, 7) is 4.13. The summed E-state index contributed by atoms with van der Waals surface area (Å²) in [5.74, 6) is 0. The summed E-state index contributed by atoms with van der Waals surface area (Å²) in [7, 11) is 0. The van der Waals surface area contributed by atoms with Gasteiger partial charge in [-0.05, 0) is 37.1 Å². The van der Waals surface area contributed by atoms with E-state index in [4.69, 9.17) is 5.73 Å². The van der Waals surface area contributed by atoms with Crippen LogP contribution in [0.2, 0.25) is 0 Å². The number of nitrogens with two attached hydrogens (primary N) is 1. The summed E-state index contributed by atoms with van der Waals surface area (Å²) in [6.07, 6.45) is 2.68. The average Bonchev–Trinajstić information content (AvgIpc) is 2.74. The van der Waals surface area contributed by atoms with E-state index in [2.05, 4.69) is 39.0 Å². The van der Waals surface area contributed by atoms with Gasteiger partial charge in [0.2, 0.25) is 0 Å². The predicted octanol–water partition coefficient (Wildman–Crippen LogP) is 2.50. The number of rotatable bonds is 3. The van der Waals surface area contributed by atoms with Gasteiger partial charge in [0.05, 0.1) is 0 Å². The molecule has 1 fully saturated rings. The van der Waals surface area contributed by atoms with E-state index in [-0.39, 0.29) is 0 Å². The van der Waals surface area contributed by atoms with Gasteiger partial charge in [-0.2, -0.15) is 0 Å². The molecule has 1 aromatic rings. The van der Waals surface area contributed by atoms with Gasteiger partial charge in [0.25, 0.3) is 0 Å². The van der Waals surface area contributed by atoms with E-state index >= 15 is 0 Å². The van der Waals surface area contributed by atoms with Crippen LogP contribution in [-0.4, -0.2) is 18.0 Å². The largest absolute Gasteiger partial charge is 0.326 e. The first kappa shape index (κ1) is 11.1. The molecule has 2 rings (SSSR count). The number of halogens is 1. The number of hydrogen-bond donors (Lipinski definition) is 1. The smallest absolute Gasteiger partial charge is 0.0265 e. The molecule has 1 aliphatic heterocycles. The van der Waals surface area contributed by atoms with Crippen LogP contribution in [0.15, 0.2) is 22.7 Å². The van der Waals surface area contributed by atoms with E-state index in [1.807, 2.05) is 0 Å². The van der Waals surface area contributed by atoms with Gasteiger partial charge in [0, 0.05) is 17.6 Å². The van der Waals surface area contributed by atoms with Crippen molar-refractivity contribution in [1.29, 1.82) is 0 Å². The van der Waals surface area contributed by atoms with Crippen LogP contribution in [0.25, 0.3) is 0 Å². The molecular weight excluding hydrogens is 252 g/mol. The van der Waals surface area contributed by atoms with E-state index in [0.717, 1.165) is 6.54 Å². The summed E-state index contributed by atoms with van der Waals surface area (Å²) in [4.78, 5) is 2.50. The highest BCUT2D eigenvalue weighted by molar-refractivity contribution is 9.10. The van der Waals surface area contributed by atoms with Gasteiger partial charge in [-0.15, -0.1) is 0 Å². The molecule has 2 N–H and O–H groups in total. The quantitative estimate of drug-likeness (QED) is 0.913. The van der Waals surface area contributed by atoms with Crippen LogP contribution in [-0.2, 0) is 13.1 Å². The minimum absolute atomic E-state index is 0.606. The van der Waals surface area contributed by atoms with Crippen molar-refractivity contribution < 1.29 is 0 Å². The second kappa shape index (κ2) is 5.10. The molecule has 0 amide bonds. The summed E-state index contributed by atoms with van der Waals surface area (Å²) in [5.41, 5.74) is 8.25. The molecule has 0 bridgehead atoms. The van der Waals surface area contributed by atoms with Crippen molar-refractivity contribution in [2.75, 3.05) is 13.1 Å². The van der Waals surface area contributed by atoms with Crippen molar-refractivity contribution in [3.05, 3.63) is 33.8 Å². The lowest BCUT2D eigenvalue weighted by molar-refractivity contribution is 0.330. The Balaban J connectivity index is 2.13. The first-order valence-electron chi connectivity index (χ1n) is 5.50. The van der Waals surface area contributed by atoms with Crippen molar-refractivity contribution in [3.63, 3.8) is 0 Å². The highest BCUT2D eigenvalue weighted by Crippen LogP contribution is 2.24. The summed E-state index contributed by atoms with van der Waals surface area (Å²) in [6, 6.07) is 6.36. The third-order valence-electron chi connectivity index (χ3n) is 2.97. The number of nitrogens with zero attached hydrogens (tertiary/aromatic N) is 1. The fraction of sp³-hybridized carbons (Fsp3) is 0.500. The van der Waals surface area contributed by atoms with Crippen molar-refractivity contribution in [1.82, 2.24) is 4.90 Å². The Bertz CT molecular complexity index is 332. The maximum atomic E-state index is 5.68. The highest BCUT2D eigenvalue weighted by Gasteiger charge is 2.13. The zero-order valence-electron chi connectivity index (χ0n) is 8.88. The lowest BCUT2D eigenvalue weighted by Gasteiger charge is -2.16. The Morgan fingerprint density at radius 3 is 2.53 bits per heavy atom. The Hall–Kier alpha value is -0.380. The van der Waals surface area contributed by atoms with E-state index in [1.165, 1.54) is 41.5 Å². The Morgan fingerprint density at radius 2 is 1.87 bits per heavy atom. The maximum absolute atomic E-state index is 5.68. The summed E-state index contributed by atoms with van der Waals surface area (Å²) >= 11 is 3.64. The molecule has 0 aromatic heterocycles. The predicted molar refractivity (Wildman–Crippen MR) is 66.5 cm³/mol. The lowest BCUT2D eigenvalue weighted by atomic mass is 10.1. The van der Waals surface area contributed by atoms with Gasteiger partial charge in [0.1, 0.15) is 0 Å². The van der Waals surface area contributed by atoms with Gasteiger partial charge < -0.3 is 5.73 Å². The molecule has 82 valence electrons. The molecule has 0 saturated carbocycles. The number of likely N-dealkylation sites (tertiary alicyclic amines) is 1. The molecule has 15 heavy (non-hydrogen) atoms. The van der Waals surface area contributed by atoms with Crippen molar-refractivity contribution in [2.24, 2.45) is 5.73 Å². The zero-order chi connectivity index (χ0) is 10.7. The molecule has 1 aliphatic rings. The molecule has 1 heterocycles. The van der Waals surface area contributed by atoms with Crippen LogP contribution >= 0.6 is 15.9 Å². The molecule has 1 saturated heterocycles. The fourth-order valence-corrected chi connectivity index (χ4v) is 2.65. The van der Waals surface area contributed by atoms with Crippen molar-refractivity contribution in [3.8, 4) is 0 Å². The Labute approximate surface area is 99.6 Å². The molecule has 0 radical (unpaired) electrons. The molecule has 0 spiro atoms. The Kier molecular flexibility index (Phi) is 3.78. The monoisotopic (exact) mass is 268 g/mol. The van der Waals surface area contributed by atoms with Gasteiger partial charge in [0.15, 0.2) is 0 Å². The van der Waals surface area contributed by atoms with Crippen LogP contribution in [0, 0.1) is 0 Å². The van der Waals surface area contributed by atoms with Crippen LogP contribution in [0.3, 0.4) is 0 Å². The first-order chi connectivity index (χ1) is 7.31. The number of hydrogen-bond acceptors (Lipinski definition) is 2. The first-order valence-corrected chi connectivity index (χ1v) is 6.29. The van der Waals surface area contributed by atoms with E-state index in [1.54, 1.807) is 0 Å². The minimum atomic E-state index is 0.606. The standard InChI is InChI=1S/C12H17BrN2/c13-12-10(8-14)4-3-5-11(12)9-15-6-1-2-7-15/h3-5H,1-2,6-9,14H2. The molecule has 1 aromatic carbocycles. The lowest BCUT2D eigenvalue weighted by Crippen LogP contribution is -2.19. The molecular formula is C12H17BrN2. The van der Waals surface area contributed by atoms with Crippen LogP contribution in [0.1, 0.15) is 24.0 Å². The van der Waals surface area contributed by atoms with E-state index < -0.39 is 0 Å². The molecule has 0 aliphatic carbocycles. The summed E-state index contributed by atoms with van der Waals surface area (Å²) in [5, 5.41) is 0. The maximum Gasteiger partial charge on any atom is 0.0265 e. The molecule has 0 atom stereocenters. The number of benzene rings is 1. The normalized spacial score (nSPS) is 17.2. The van der Waals surface area contributed by atoms with Gasteiger partial charge >= 0.3 is 0 Å². The topological polar surface area (TPSA) is 29.3 Å². The zero-order valence-corrected chi connectivity index (χ0v) is 10.5. The second-order valence-electron chi connectivity index (χ2n) is 4.08. The second-order valence-corrected chi connectivity index (χ2v) is 4.87. The van der Waals surface area contributed by atoms with Gasteiger partial charge in [-0.1, -0.05) is 34.1 Å². The van der Waals surface area contributed by atoms with Gasteiger partial charge in [-0.25, -0.2) is 0 Å². The van der Waals surface area contributed by atoms with E-state index in [0.29, 0.717) is 6.54 Å². The minimum Gasteiger partial charge on any atom is -0.326 e. The van der Waals surface area contributed by atoms with Gasteiger partial charge in [-0.3, -0.25) is 4.90 Å². The Morgan fingerprint density at radius 1 is 1.20 bits per heavy atom.